The number of rotatable bonds is 4. The quantitative estimate of drug-likeness (QED) is 0.801. The maximum atomic E-state index is 12.6. The van der Waals surface area contributed by atoms with E-state index in [1.807, 2.05) is 31.0 Å². The highest BCUT2D eigenvalue weighted by molar-refractivity contribution is 5.76. The van der Waals surface area contributed by atoms with Gasteiger partial charge in [-0.15, -0.1) is 0 Å². The van der Waals surface area contributed by atoms with Crippen molar-refractivity contribution in [2.75, 3.05) is 26.3 Å². The number of carbonyl (C=O) groups is 1. The summed E-state index contributed by atoms with van der Waals surface area (Å²) in [5.41, 5.74) is 4.18. The van der Waals surface area contributed by atoms with Crippen LogP contribution in [0, 0.1) is 19.8 Å². The van der Waals surface area contributed by atoms with Crippen LogP contribution in [0.4, 0.5) is 0 Å². The number of hydrogen-bond donors (Lipinski definition) is 0. The van der Waals surface area contributed by atoms with Gasteiger partial charge in [-0.05, 0) is 63.1 Å². The van der Waals surface area contributed by atoms with Crippen molar-refractivity contribution in [3.8, 4) is 11.1 Å². The molecule has 1 amide bonds. The van der Waals surface area contributed by atoms with E-state index in [0.717, 1.165) is 80.3 Å². The Morgan fingerprint density at radius 1 is 1.18 bits per heavy atom. The van der Waals surface area contributed by atoms with Gasteiger partial charge in [-0.1, -0.05) is 5.16 Å². The van der Waals surface area contributed by atoms with Gasteiger partial charge in [0.05, 0.1) is 5.69 Å². The van der Waals surface area contributed by atoms with Gasteiger partial charge in [-0.2, -0.15) is 0 Å². The van der Waals surface area contributed by atoms with Crippen molar-refractivity contribution in [3.05, 3.63) is 35.5 Å². The Bertz CT molecular complexity index is 799. The predicted molar refractivity (Wildman–Crippen MR) is 106 cm³/mol. The van der Waals surface area contributed by atoms with Gasteiger partial charge in [0.25, 0.3) is 0 Å². The number of aryl methyl sites for hydroxylation is 2. The second-order valence-corrected chi connectivity index (χ2v) is 8.08. The average molecular weight is 383 g/mol. The number of nitrogens with zero attached hydrogens (tertiary/aromatic N) is 3. The summed E-state index contributed by atoms with van der Waals surface area (Å²) in [5.74, 6) is 2.03. The zero-order chi connectivity index (χ0) is 19.5. The summed E-state index contributed by atoms with van der Waals surface area (Å²) < 4.78 is 10.7. The maximum Gasteiger partial charge on any atom is 0.222 e. The number of likely N-dealkylation sites (tertiary alicyclic amines) is 1. The molecule has 4 rings (SSSR count). The highest BCUT2D eigenvalue weighted by Gasteiger charge is 2.27. The molecule has 0 radical (unpaired) electrons. The third-order valence-corrected chi connectivity index (χ3v) is 6.17. The van der Waals surface area contributed by atoms with Crippen LogP contribution in [0.3, 0.4) is 0 Å². The van der Waals surface area contributed by atoms with Gasteiger partial charge in [-0.3, -0.25) is 9.78 Å². The van der Waals surface area contributed by atoms with Crippen molar-refractivity contribution >= 4 is 5.91 Å². The zero-order valence-electron chi connectivity index (χ0n) is 16.8. The minimum atomic E-state index is 0.308. The lowest BCUT2D eigenvalue weighted by Gasteiger charge is -2.33. The first-order valence-corrected chi connectivity index (χ1v) is 10.4. The van der Waals surface area contributed by atoms with Crippen LogP contribution >= 0.6 is 0 Å². The molecule has 0 bridgehead atoms. The summed E-state index contributed by atoms with van der Waals surface area (Å²) in [6.45, 7) is 7.15. The number of pyridine rings is 1. The van der Waals surface area contributed by atoms with E-state index in [-0.39, 0.29) is 0 Å². The molecule has 0 aliphatic carbocycles. The Morgan fingerprint density at radius 3 is 2.61 bits per heavy atom. The molecule has 150 valence electrons. The van der Waals surface area contributed by atoms with Gasteiger partial charge in [-0.25, -0.2) is 0 Å². The fourth-order valence-electron chi connectivity index (χ4n) is 4.47. The molecular formula is C22H29N3O3. The van der Waals surface area contributed by atoms with Crippen molar-refractivity contribution in [2.45, 2.75) is 51.9 Å². The van der Waals surface area contributed by atoms with Crippen LogP contribution in [0.5, 0.6) is 0 Å². The van der Waals surface area contributed by atoms with E-state index in [4.69, 9.17) is 9.26 Å². The normalized spacial score (nSPS) is 19.1. The summed E-state index contributed by atoms with van der Waals surface area (Å²) in [6, 6.07) is 4.18. The molecule has 6 heteroatoms. The highest BCUT2D eigenvalue weighted by Crippen LogP contribution is 2.32. The molecule has 0 unspecified atom stereocenters. The molecule has 0 saturated carbocycles. The van der Waals surface area contributed by atoms with E-state index < -0.39 is 0 Å². The van der Waals surface area contributed by atoms with Gasteiger partial charge in [0.15, 0.2) is 0 Å². The third kappa shape index (κ3) is 4.12. The van der Waals surface area contributed by atoms with Gasteiger partial charge in [0, 0.05) is 56.1 Å². The number of carbonyl (C=O) groups excluding carboxylic acids is 1. The summed E-state index contributed by atoms with van der Waals surface area (Å²) in [6.07, 6.45) is 6.52. The molecule has 2 fully saturated rings. The van der Waals surface area contributed by atoms with Crippen molar-refractivity contribution in [3.63, 3.8) is 0 Å². The molecule has 6 nitrogen and oxygen atoms in total. The van der Waals surface area contributed by atoms with Crippen molar-refractivity contribution in [2.24, 2.45) is 5.92 Å². The van der Waals surface area contributed by atoms with Crippen LogP contribution < -0.4 is 0 Å². The first kappa shape index (κ1) is 19.1. The van der Waals surface area contributed by atoms with E-state index in [9.17, 15) is 4.79 Å². The number of piperidine rings is 1. The molecule has 2 aromatic heterocycles. The van der Waals surface area contributed by atoms with E-state index in [2.05, 4.69) is 16.2 Å². The van der Waals surface area contributed by atoms with Crippen LogP contribution in [-0.4, -0.2) is 47.3 Å². The first-order chi connectivity index (χ1) is 13.6. The molecule has 0 spiro atoms. The van der Waals surface area contributed by atoms with Crippen LogP contribution in [0.25, 0.3) is 11.1 Å². The molecule has 2 saturated heterocycles. The number of hydrogen-bond acceptors (Lipinski definition) is 5. The summed E-state index contributed by atoms with van der Waals surface area (Å²) in [4.78, 5) is 19.3. The van der Waals surface area contributed by atoms with E-state index in [1.54, 1.807) is 0 Å². The standard InChI is InChI=1S/C22H29N3O3/c1-15-22(16(2)28-24-15)19-3-8-23-20(14-19)18-4-9-25(10-5-18)21(26)13-17-6-11-27-12-7-17/h3,8,14,17-18H,4-7,9-13H2,1-2H3. The fraction of sp³-hybridized carbons (Fsp3) is 0.591. The fourth-order valence-corrected chi connectivity index (χ4v) is 4.47. The van der Waals surface area contributed by atoms with E-state index in [1.165, 1.54) is 0 Å². The summed E-state index contributed by atoms with van der Waals surface area (Å²) in [7, 11) is 0. The van der Waals surface area contributed by atoms with Gasteiger partial charge in [0.2, 0.25) is 5.91 Å². The van der Waals surface area contributed by atoms with Crippen LogP contribution in [0.15, 0.2) is 22.9 Å². The Morgan fingerprint density at radius 2 is 1.93 bits per heavy atom. The molecule has 2 aliphatic heterocycles. The highest BCUT2D eigenvalue weighted by atomic mass is 16.5. The molecule has 4 heterocycles. The Hall–Kier alpha value is -2.21. The summed E-state index contributed by atoms with van der Waals surface area (Å²) >= 11 is 0. The molecule has 2 aliphatic rings. The van der Waals surface area contributed by atoms with Crippen LogP contribution in [0.1, 0.15) is 55.2 Å². The Kier molecular flexibility index (Phi) is 5.76. The molecule has 2 aromatic rings. The third-order valence-electron chi connectivity index (χ3n) is 6.17. The monoisotopic (exact) mass is 383 g/mol. The van der Waals surface area contributed by atoms with Gasteiger partial charge in [0.1, 0.15) is 5.76 Å². The Labute approximate surface area is 166 Å². The van der Waals surface area contributed by atoms with Crippen molar-refractivity contribution in [1.29, 1.82) is 0 Å². The molecular weight excluding hydrogens is 354 g/mol. The second-order valence-electron chi connectivity index (χ2n) is 8.08. The zero-order valence-corrected chi connectivity index (χ0v) is 16.8. The van der Waals surface area contributed by atoms with Gasteiger partial charge < -0.3 is 14.2 Å². The van der Waals surface area contributed by atoms with E-state index >= 15 is 0 Å². The minimum absolute atomic E-state index is 0.308. The first-order valence-electron chi connectivity index (χ1n) is 10.4. The van der Waals surface area contributed by atoms with Crippen molar-refractivity contribution < 1.29 is 14.1 Å². The minimum Gasteiger partial charge on any atom is -0.381 e. The number of amides is 1. The lowest BCUT2D eigenvalue weighted by molar-refractivity contribution is -0.134. The second kappa shape index (κ2) is 8.43. The average Bonchev–Trinajstić information content (AvgIpc) is 3.07. The Balaban J connectivity index is 1.37. The van der Waals surface area contributed by atoms with Crippen molar-refractivity contribution in [1.82, 2.24) is 15.0 Å². The molecule has 28 heavy (non-hydrogen) atoms. The molecule has 0 N–H and O–H groups in total. The molecule has 0 atom stereocenters. The molecule has 0 aromatic carbocycles. The number of ether oxygens (including phenoxy) is 1. The lowest BCUT2D eigenvalue weighted by Crippen LogP contribution is -2.39. The lowest BCUT2D eigenvalue weighted by atomic mass is 9.90. The SMILES string of the molecule is Cc1noc(C)c1-c1ccnc(C2CCN(C(=O)CC3CCOCC3)CC2)c1. The van der Waals surface area contributed by atoms with Crippen LogP contribution in [0.2, 0.25) is 0 Å². The largest absolute Gasteiger partial charge is 0.381 e. The topological polar surface area (TPSA) is 68.5 Å². The number of aromatic nitrogens is 2. The van der Waals surface area contributed by atoms with E-state index in [0.29, 0.717) is 24.2 Å². The van der Waals surface area contributed by atoms with Crippen LogP contribution in [-0.2, 0) is 9.53 Å². The predicted octanol–water partition coefficient (Wildman–Crippen LogP) is 3.88. The van der Waals surface area contributed by atoms with Gasteiger partial charge >= 0.3 is 0 Å². The smallest absolute Gasteiger partial charge is 0.222 e. The summed E-state index contributed by atoms with van der Waals surface area (Å²) in [5, 5.41) is 4.06. The maximum absolute atomic E-state index is 12.6.